The molecule has 0 saturated heterocycles. The molecule has 1 atom stereocenters. The van der Waals surface area contributed by atoms with Crippen LogP contribution in [0.15, 0.2) is 14.1 Å². The van der Waals surface area contributed by atoms with Crippen LogP contribution in [0.4, 0.5) is 0 Å². The van der Waals surface area contributed by atoms with Crippen molar-refractivity contribution in [3.63, 3.8) is 0 Å². The van der Waals surface area contributed by atoms with Crippen LogP contribution in [0.3, 0.4) is 0 Å². The van der Waals surface area contributed by atoms with Gasteiger partial charge in [0.15, 0.2) is 0 Å². The van der Waals surface area contributed by atoms with Crippen molar-refractivity contribution in [2.45, 2.75) is 33.7 Å². The van der Waals surface area contributed by atoms with Gasteiger partial charge >= 0.3 is 5.69 Å². The highest BCUT2D eigenvalue weighted by atomic mass is 79.9. The number of aromatic nitrogens is 2. The van der Waals surface area contributed by atoms with Crippen molar-refractivity contribution in [2.24, 2.45) is 13.0 Å². The van der Waals surface area contributed by atoms with Crippen LogP contribution in [0.1, 0.15) is 26.0 Å². The Labute approximate surface area is 148 Å². The number of rotatable bonds is 8. The van der Waals surface area contributed by atoms with Crippen molar-refractivity contribution in [1.82, 2.24) is 9.13 Å². The van der Waals surface area contributed by atoms with E-state index < -0.39 is 6.57 Å². The van der Waals surface area contributed by atoms with E-state index in [-0.39, 0.29) is 11.2 Å². The van der Waals surface area contributed by atoms with Crippen LogP contribution in [0, 0.1) is 12.8 Å². The van der Waals surface area contributed by atoms with Gasteiger partial charge in [-0.05, 0) is 35.2 Å². The van der Waals surface area contributed by atoms with E-state index in [9.17, 15) is 14.2 Å². The fourth-order valence-electron chi connectivity index (χ4n) is 1.80. The third-order valence-corrected chi connectivity index (χ3v) is 8.01. The molecule has 0 aliphatic rings. The molecule has 0 saturated carbocycles. The van der Waals surface area contributed by atoms with E-state index in [0.29, 0.717) is 41.4 Å². The summed E-state index contributed by atoms with van der Waals surface area (Å²) in [6.07, 6.45) is 0.568. The highest BCUT2D eigenvalue weighted by Gasteiger charge is 2.17. The highest BCUT2D eigenvalue weighted by Crippen LogP contribution is 2.56. The summed E-state index contributed by atoms with van der Waals surface area (Å²) in [5, 5.41) is 0. The van der Waals surface area contributed by atoms with Crippen LogP contribution < -0.4 is 11.2 Å². The fraction of sp³-hybridized carbons (Fsp3) is 0.714. The summed E-state index contributed by atoms with van der Waals surface area (Å²) in [7, 11) is 1.63. The zero-order valence-electron chi connectivity index (χ0n) is 14.2. The van der Waals surface area contributed by atoms with Gasteiger partial charge in [0.2, 0.25) is 0 Å². The number of hydrogen-bond acceptors (Lipinski definition) is 5. The fourth-order valence-corrected chi connectivity index (χ4v) is 5.31. The summed E-state index contributed by atoms with van der Waals surface area (Å²) in [5.74, 6) is 0.892. The Kier molecular flexibility index (Phi) is 7.84. The summed E-state index contributed by atoms with van der Waals surface area (Å²) in [6, 6.07) is 0. The molecule has 1 unspecified atom stereocenters. The minimum absolute atomic E-state index is 0.293. The molecule has 6 nitrogen and oxygen atoms in total. The Morgan fingerprint density at radius 2 is 1.96 bits per heavy atom. The summed E-state index contributed by atoms with van der Waals surface area (Å²) in [5.41, 5.74) is -0.0615. The van der Waals surface area contributed by atoms with Gasteiger partial charge in [0.05, 0.1) is 6.61 Å². The maximum atomic E-state index is 12.2. The van der Waals surface area contributed by atoms with Gasteiger partial charge in [0.25, 0.3) is 12.1 Å². The zero-order chi connectivity index (χ0) is 17.8. The largest absolute Gasteiger partial charge is 0.330 e. The lowest BCUT2D eigenvalue weighted by Crippen LogP contribution is -2.40. The van der Waals surface area contributed by atoms with Gasteiger partial charge in [0, 0.05) is 31.7 Å². The summed E-state index contributed by atoms with van der Waals surface area (Å²) >= 11 is 4.49. The SMILES string of the molecule is Cc1c(Br)c(=O)n(CCCSP(C)(=O)OCC(C)C)c(=O)n1C. The predicted molar refractivity (Wildman–Crippen MR) is 99.8 cm³/mol. The van der Waals surface area contributed by atoms with Crippen molar-refractivity contribution in [3.8, 4) is 0 Å². The van der Waals surface area contributed by atoms with Crippen molar-refractivity contribution in [3.05, 3.63) is 31.0 Å². The first kappa shape index (κ1) is 20.7. The third-order valence-electron chi connectivity index (χ3n) is 3.27. The molecule has 1 aromatic heterocycles. The Morgan fingerprint density at radius 1 is 1.35 bits per heavy atom. The van der Waals surface area contributed by atoms with Crippen molar-refractivity contribution in [1.29, 1.82) is 0 Å². The Bertz CT molecular complexity index is 677. The van der Waals surface area contributed by atoms with E-state index in [2.05, 4.69) is 15.9 Å². The molecular formula is C14H24BrN2O4PS. The predicted octanol–water partition coefficient (Wildman–Crippen LogP) is 3.24. The van der Waals surface area contributed by atoms with Gasteiger partial charge in [-0.1, -0.05) is 25.2 Å². The smallest absolute Gasteiger partial charge is 0.321 e. The molecule has 0 aliphatic heterocycles. The lowest BCUT2D eigenvalue weighted by atomic mass is 10.2. The molecule has 9 heteroatoms. The highest BCUT2D eigenvalue weighted by molar-refractivity contribution is 9.10. The first-order valence-electron chi connectivity index (χ1n) is 7.39. The van der Waals surface area contributed by atoms with Gasteiger partial charge in [-0.25, -0.2) is 4.79 Å². The Morgan fingerprint density at radius 3 is 2.52 bits per heavy atom. The second kappa shape index (κ2) is 8.70. The van der Waals surface area contributed by atoms with Crippen molar-refractivity contribution >= 4 is 33.9 Å². The molecular weight excluding hydrogens is 403 g/mol. The van der Waals surface area contributed by atoms with E-state index in [1.54, 1.807) is 20.6 Å². The molecule has 0 aliphatic carbocycles. The molecule has 0 spiro atoms. The van der Waals surface area contributed by atoms with Gasteiger partial charge in [-0.2, -0.15) is 0 Å². The van der Waals surface area contributed by atoms with Crippen LogP contribution in [-0.2, 0) is 22.7 Å². The van der Waals surface area contributed by atoms with E-state index in [1.807, 2.05) is 13.8 Å². The van der Waals surface area contributed by atoms with Gasteiger partial charge in [0.1, 0.15) is 4.47 Å². The minimum Gasteiger partial charge on any atom is -0.321 e. The van der Waals surface area contributed by atoms with Crippen molar-refractivity contribution in [2.75, 3.05) is 19.0 Å². The monoisotopic (exact) mass is 426 g/mol. The van der Waals surface area contributed by atoms with Crippen LogP contribution in [-0.4, -0.2) is 28.2 Å². The van der Waals surface area contributed by atoms with Crippen LogP contribution >= 0.6 is 33.9 Å². The average molecular weight is 427 g/mol. The zero-order valence-corrected chi connectivity index (χ0v) is 17.5. The van der Waals surface area contributed by atoms with E-state index in [0.717, 1.165) is 0 Å². The molecule has 1 heterocycles. The first-order valence-corrected chi connectivity index (χ1v) is 11.8. The molecule has 0 radical (unpaired) electrons. The Balaban J connectivity index is 2.66. The van der Waals surface area contributed by atoms with Crippen LogP contribution in [0.5, 0.6) is 0 Å². The maximum Gasteiger partial charge on any atom is 0.330 e. The van der Waals surface area contributed by atoms with Crippen molar-refractivity contribution < 1.29 is 9.09 Å². The van der Waals surface area contributed by atoms with Crippen LogP contribution in [0.2, 0.25) is 0 Å². The lowest BCUT2D eigenvalue weighted by Gasteiger charge is -2.15. The van der Waals surface area contributed by atoms with E-state index in [4.69, 9.17) is 4.52 Å². The molecule has 0 amide bonds. The quantitative estimate of drug-likeness (QED) is 0.471. The standard InChI is InChI=1S/C14H24BrN2O4PS/c1-10(2)9-21-22(5,20)23-8-6-7-17-13(18)12(15)11(3)16(4)14(17)19/h10H,6-9H2,1-5H3. The second-order valence-corrected chi connectivity index (χ2v) is 11.9. The molecule has 1 aromatic rings. The van der Waals surface area contributed by atoms with E-state index >= 15 is 0 Å². The molecule has 1 rings (SSSR count). The molecule has 0 fully saturated rings. The summed E-state index contributed by atoms with van der Waals surface area (Å²) < 4.78 is 20.7. The minimum atomic E-state index is -2.68. The molecule has 132 valence electrons. The lowest BCUT2D eigenvalue weighted by molar-refractivity contribution is 0.282. The van der Waals surface area contributed by atoms with Gasteiger partial charge in [-0.3, -0.25) is 18.5 Å². The average Bonchev–Trinajstić information content (AvgIpc) is 2.48. The number of hydrogen-bond donors (Lipinski definition) is 0. The van der Waals surface area contributed by atoms with Gasteiger partial charge in [-0.15, -0.1) is 0 Å². The first-order chi connectivity index (χ1) is 10.6. The van der Waals surface area contributed by atoms with E-state index in [1.165, 1.54) is 20.5 Å². The van der Waals surface area contributed by atoms with Gasteiger partial charge < -0.3 is 4.52 Å². The Hall–Kier alpha value is -0.300. The number of nitrogens with zero attached hydrogens (tertiary/aromatic N) is 2. The molecule has 0 bridgehead atoms. The molecule has 23 heavy (non-hydrogen) atoms. The maximum absolute atomic E-state index is 12.2. The normalized spacial score (nSPS) is 14.2. The molecule has 0 N–H and O–H groups in total. The van der Waals surface area contributed by atoms with Crippen LogP contribution in [0.25, 0.3) is 0 Å². The second-order valence-electron chi connectivity index (χ2n) is 5.85. The topological polar surface area (TPSA) is 70.3 Å². The summed E-state index contributed by atoms with van der Waals surface area (Å²) in [6.45, 7) is 5.40. The number of halogens is 1. The summed E-state index contributed by atoms with van der Waals surface area (Å²) in [4.78, 5) is 24.3. The molecule has 0 aromatic carbocycles. The third kappa shape index (κ3) is 5.93.